The Kier molecular flexibility index (Phi) is 9.08. The van der Waals surface area contributed by atoms with Gasteiger partial charge in [0.15, 0.2) is 11.0 Å². The molecule has 0 aliphatic rings. The predicted molar refractivity (Wildman–Crippen MR) is 139 cm³/mol. The van der Waals surface area contributed by atoms with Crippen molar-refractivity contribution in [1.29, 1.82) is 0 Å². The van der Waals surface area contributed by atoms with E-state index in [2.05, 4.69) is 27.4 Å². The Hall–Kier alpha value is -3.59. The molecule has 184 valence electrons. The van der Waals surface area contributed by atoms with Crippen LogP contribution in [-0.2, 0) is 22.6 Å². The van der Waals surface area contributed by atoms with Crippen molar-refractivity contribution in [3.8, 4) is 5.75 Å². The summed E-state index contributed by atoms with van der Waals surface area (Å²) in [5.74, 6) is 1.27. The van der Waals surface area contributed by atoms with Gasteiger partial charge in [0.25, 0.3) is 0 Å². The first-order valence-electron chi connectivity index (χ1n) is 11.3. The molecule has 1 unspecified atom stereocenters. The molecule has 1 heterocycles. The highest BCUT2D eigenvalue weighted by atomic mass is 32.2. The Morgan fingerprint density at radius 2 is 1.89 bits per heavy atom. The highest BCUT2D eigenvalue weighted by molar-refractivity contribution is 7.99. The number of nitrogens with zero attached hydrogens (tertiary/aromatic N) is 3. The van der Waals surface area contributed by atoms with Crippen LogP contribution < -0.4 is 15.4 Å². The van der Waals surface area contributed by atoms with Crippen LogP contribution in [0.15, 0.2) is 60.3 Å². The maximum atomic E-state index is 12.6. The molecule has 1 aromatic heterocycles. The van der Waals surface area contributed by atoms with E-state index < -0.39 is 0 Å². The number of amides is 2. The number of carbonyl (C=O) groups excluding carboxylic acids is 2. The van der Waals surface area contributed by atoms with E-state index in [4.69, 9.17) is 4.74 Å². The number of methoxy groups -OCH3 is 1. The molecule has 0 aliphatic heterocycles. The first kappa shape index (κ1) is 26.0. The predicted octanol–water partition coefficient (Wildman–Crippen LogP) is 4.24. The zero-order chi connectivity index (χ0) is 25.4. The highest BCUT2D eigenvalue weighted by Gasteiger charge is 2.20. The number of anilines is 1. The monoisotopic (exact) mass is 493 g/mol. The van der Waals surface area contributed by atoms with Crippen LogP contribution in [0, 0.1) is 13.8 Å². The summed E-state index contributed by atoms with van der Waals surface area (Å²) >= 11 is 1.29. The van der Waals surface area contributed by atoms with E-state index in [1.165, 1.54) is 11.8 Å². The molecule has 3 rings (SSSR count). The first-order valence-corrected chi connectivity index (χ1v) is 12.3. The summed E-state index contributed by atoms with van der Waals surface area (Å²) in [6, 6.07) is 12.9. The van der Waals surface area contributed by atoms with Crippen LogP contribution in [0.3, 0.4) is 0 Å². The fourth-order valence-electron chi connectivity index (χ4n) is 3.58. The topological polar surface area (TPSA) is 98.1 Å². The summed E-state index contributed by atoms with van der Waals surface area (Å²) in [6.07, 6.45) is 1.97. The SMILES string of the molecule is C=CCn1c(SCC(=O)Nc2ccc(C)cc2C)nnc1C(C)NC(=O)Cc1ccc(OC)cc1. The van der Waals surface area contributed by atoms with Crippen LogP contribution in [0.4, 0.5) is 5.69 Å². The summed E-state index contributed by atoms with van der Waals surface area (Å²) in [5, 5.41) is 15.1. The Morgan fingerprint density at radius 1 is 1.14 bits per heavy atom. The molecule has 0 fully saturated rings. The molecular weight excluding hydrogens is 462 g/mol. The second-order valence-electron chi connectivity index (χ2n) is 8.21. The molecule has 0 bridgehead atoms. The van der Waals surface area contributed by atoms with Gasteiger partial charge < -0.3 is 19.9 Å². The minimum Gasteiger partial charge on any atom is -0.497 e. The Bertz CT molecular complexity index is 1190. The second-order valence-corrected chi connectivity index (χ2v) is 9.15. The van der Waals surface area contributed by atoms with Gasteiger partial charge in [0.05, 0.1) is 25.3 Å². The number of nitrogens with one attached hydrogen (secondary N) is 2. The number of aromatic nitrogens is 3. The highest BCUT2D eigenvalue weighted by Crippen LogP contribution is 2.22. The van der Waals surface area contributed by atoms with Crippen molar-refractivity contribution >= 4 is 29.3 Å². The van der Waals surface area contributed by atoms with E-state index in [0.29, 0.717) is 17.5 Å². The molecule has 1 atom stereocenters. The van der Waals surface area contributed by atoms with Crippen LogP contribution in [0.5, 0.6) is 5.75 Å². The zero-order valence-corrected chi connectivity index (χ0v) is 21.3. The number of hydrogen-bond acceptors (Lipinski definition) is 6. The standard InChI is InChI=1S/C26H31N5O3S/c1-6-13-31-25(19(4)27-23(32)15-20-8-10-21(34-5)11-9-20)29-30-26(31)35-16-24(33)28-22-12-7-17(2)14-18(22)3/h6-12,14,19H,1,13,15-16H2,2-5H3,(H,27,32)(H,28,33). The quantitative estimate of drug-likeness (QED) is 0.306. The maximum absolute atomic E-state index is 12.6. The van der Waals surface area contributed by atoms with Gasteiger partial charge in [-0.2, -0.15) is 0 Å². The van der Waals surface area contributed by atoms with Gasteiger partial charge in [-0.3, -0.25) is 9.59 Å². The average molecular weight is 494 g/mol. The summed E-state index contributed by atoms with van der Waals surface area (Å²) in [6.45, 7) is 10.1. The number of carbonyl (C=O) groups is 2. The molecule has 8 nitrogen and oxygen atoms in total. The molecule has 0 saturated heterocycles. The number of allylic oxidation sites excluding steroid dienone is 1. The van der Waals surface area contributed by atoms with Gasteiger partial charge in [-0.1, -0.05) is 47.7 Å². The fraction of sp³-hybridized carbons (Fsp3) is 0.308. The molecule has 2 aromatic carbocycles. The number of aryl methyl sites for hydroxylation is 2. The summed E-state index contributed by atoms with van der Waals surface area (Å²) < 4.78 is 7.02. The van der Waals surface area contributed by atoms with Crippen molar-refractivity contribution in [2.24, 2.45) is 0 Å². The van der Waals surface area contributed by atoms with E-state index in [-0.39, 0.29) is 30.0 Å². The van der Waals surface area contributed by atoms with Crippen molar-refractivity contribution < 1.29 is 14.3 Å². The van der Waals surface area contributed by atoms with Crippen molar-refractivity contribution in [3.63, 3.8) is 0 Å². The minimum atomic E-state index is -0.369. The van der Waals surface area contributed by atoms with Gasteiger partial charge in [-0.05, 0) is 50.1 Å². The summed E-state index contributed by atoms with van der Waals surface area (Å²) in [7, 11) is 1.60. The lowest BCUT2D eigenvalue weighted by Gasteiger charge is -2.15. The molecule has 0 saturated carbocycles. The number of rotatable bonds is 11. The fourth-order valence-corrected chi connectivity index (χ4v) is 4.34. The largest absolute Gasteiger partial charge is 0.497 e. The van der Waals surface area contributed by atoms with Crippen LogP contribution >= 0.6 is 11.8 Å². The smallest absolute Gasteiger partial charge is 0.234 e. The Balaban J connectivity index is 1.61. The van der Waals surface area contributed by atoms with Gasteiger partial charge >= 0.3 is 0 Å². The summed E-state index contributed by atoms with van der Waals surface area (Å²) in [5.41, 5.74) is 3.83. The third-order valence-electron chi connectivity index (χ3n) is 5.33. The van der Waals surface area contributed by atoms with E-state index in [1.54, 1.807) is 13.2 Å². The van der Waals surface area contributed by atoms with Crippen molar-refractivity contribution in [3.05, 3.63) is 77.6 Å². The molecule has 9 heteroatoms. The van der Waals surface area contributed by atoms with Crippen LogP contribution in [-0.4, -0.2) is 39.4 Å². The van der Waals surface area contributed by atoms with Crippen LogP contribution in [0.2, 0.25) is 0 Å². The van der Waals surface area contributed by atoms with Gasteiger partial charge in [0, 0.05) is 12.2 Å². The van der Waals surface area contributed by atoms with Gasteiger partial charge in [-0.15, -0.1) is 16.8 Å². The lowest BCUT2D eigenvalue weighted by Crippen LogP contribution is -2.30. The van der Waals surface area contributed by atoms with Crippen molar-refractivity contribution in [2.75, 3.05) is 18.2 Å². The minimum absolute atomic E-state index is 0.127. The average Bonchev–Trinajstić information content (AvgIpc) is 3.23. The normalized spacial score (nSPS) is 11.5. The maximum Gasteiger partial charge on any atom is 0.234 e. The Morgan fingerprint density at radius 3 is 2.54 bits per heavy atom. The lowest BCUT2D eigenvalue weighted by atomic mass is 10.1. The molecule has 3 aromatic rings. The number of thioether (sulfide) groups is 1. The van der Waals surface area contributed by atoms with Gasteiger partial charge in [0.2, 0.25) is 11.8 Å². The number of hydrogen-bond donors (Lipinski definition) is 2. The first-order chi connectivity index (χ1) is 16.8. The molecular formula is C26H31N5O3S. The van der Waals surface area contributed by atoms with Crippen molar-refractivity contribution in [2.45, 2.75) is 44.9 Å². The van der Waals surface area contributed by atoms with E-state index in [9.17, 15) is 9.59 Å². The molecule has 2 N–H and O–H groups in total. The second kappa shape index (κ2) is 12.2. The molecule has 0 spiro atoms. The van der Waals surface area contributed by atoms with Crippen LogP contribution in [0.25, 0.3) is 0 Å². The Labute approximate surface area is 210 Å². The molecule has 2 amide bonds. The lowest BCUT2D eigenvalue weighted by molar-refractivity contribution is -0.121. The van der Waals surface area contributed by atoms with Gasteiger partial charge in [-0.25, -0.2) is 0 Å². The van der Waals surface area contributed by atoms with E-state index >= 15 is 0 Å². The molecule has 35 heavy (non-hydrogen) atoms. The third-order valence-corrected chi connectivity index (χ3v) is 6.30. The van der Waals surface area contributed by atoms with Gasteiger partial charge in [0.1, 0.15) is 5.75 Å². The van der Waals surface area contributed by atoms with E-state index in [1.807, 2.05) is 67.8 Å². The molecule has 0 radical (unpaired) electrons. The summed E-state index contributed by atoms with van der Waals surface area (Å²) in [4.78, 5) is 25.1. The number of ether oxygens (including phenoxy) is 1. The number of benzene rings is 2. The third kappa shape index (κ3) is 7.19. The zero-order valence-electron chi connectivity index (χ0n) is 20.5. The molecule has 0 aliphatic carbocycles. The van der Waals surface area contributed by atoms with Crippen molar-refractivity contribution in [1.82, 2.24) is 20.1 Å². The van der Waals surface area contributed by atoms with E-state index in [0.717, 1.165) is 28.1 Å². The van der Waals surface area contributed by atoms with Crippen LogP contribution in [0.1, 0.15) is 35.5 Å².